The predicted octanol–water partition coefficient (Wildman–Crippen LogP) is 0.936. The molecule has 2 aromatic rings. The summed E-state index contributed by atoms with van der Waals surface area (Å²) in [7, 11) is 0. The molecule has 0 fully saturated rings. The van der Waals surface area contributed by atoms with Crippen molar-refractivity contribution in [2.45, 2.75) is 6.54 Å². The van der Waals surface area contributed by atoms with E-state index in [4.69, 9.17) is 16.7 Å². The minimum Gasteiger partial charge on any atom is -0.477 e. The fourth-order valence-corrected chi connectivity index (χ4v) is 1.69. The van der Waals surface area contributed by atoms with Crippen molar-refractivity contribution in [2.24, 2.45) is 0 Å². The van der Waals surface area contributed by atoms with Gasteiger partial charge in [-0.15, -0.1) is 0 Å². The van der Waals surface area contributed by atoms with Gasteiger partial charge < -0.3 is 5.11 Å². The number of carbonyl (C=O) groups is 1. The van der Waals surface area contributed by atoms with Crippen molar-refractivity contribution in [3.63, 3.8) is 0 Å². The molecule has 1 aromatic heterocycles. The van der Waals surface area contributed by atoms with Crippen LogP contribution in [0.1, 0.15) is 15.9 Å². The lowest BCUT2D eigenvalue weighted by molar-refractivity contribution is 0.0693. The van der Waals surface area contributed by atoms with Crippen LogP contribution in [0, 0.1) is 0 Å². The number of carboxylic acids is 1. The molecule has 0 bridgehead atoms. The summed E-state index contributed by atoms with van der Waals surface area (Å²) in [5.74, 6) is -1.38. The first-order valence-electron chi connectivity index (χ1n) is 5.29. The summed E-state index contributed by atoms with van der Waals surface area (Å²) >= 11 is 5.74. The van der Waals surface area contributed by atoms with Gasteiger partial charge in [-0.1, -0.05) is 23.7 Å². The van der Waals surface area contributed by atoms with Gasteiger partial charge in [0.25, 0.3) is 5.56 Å². The molecular weight excluding hydrogens is 272 g/mol. The van der Waals surface area contributed by atoms with Crippen LogP contribution >= 0.6 is 11.6 Å². The summed E-state index contributed by atoms with van der Waals surface area (Å²) < 4.78 is 1.12. The standard InChI is InChI=1S/C12H9ClN2O4/c13-8-3-1-7(2-4-8)5-15-6-9(11(17)18)10(16)14-12(15)19/h1-4,6H,5H2,(H,17,18)(H,14,16,19). The maximum Gasteiger partial charge on any atom is 0.342 e. The van der Waals surface area contributed by atoms with E-state index in [-0.39, 0.29) is 6.54 Å². The van der Waals surface area contributed by atoms with E-state index in [0.717, 1.165) is 16.3 Å². The van der Waals surface area contributed by atoms with Gasteiger partial charge >= 0.3 is 11.7 Å². The lowest BCUT2D eigenvalue weighted by atomic mass is 10.2. The van der Waals surface area contributed by atoms with Crippen molar-refractivity contribution in [1.82, 2.24) is 9.55 Å². The number of nitrogens with one attached hydrogen (secondary N) is 1. The van der Waals surface area contributed by atoms with Gasteiger partial charge in [0.15, 0.2) is 0 Å². The third kappa shape index (κ3) is 2.92. The van der Waals surface area contributed by atoms with Crippen LogP contribution in [0.3, 0.4) is 0 Å². The summed E-state index contributed by atoms with van der Waals surface area (Å²) in [6, 6.07) is 6.73. The van der Waals surface area contributed by atoms with Crippen molar-refractivity contribution >= 4 is 17.6 Å². The van der Waals surface area contributed by atoms with Crippen LogP contribution in [0.4, 0.5) is 0 Å². The predicted molar refractivity (Wildman–Crippen MR) is 68.8 cm³/mol. The highest BCUT2D eigenvalue weighted by Gasteiger charge is 2.11. The molecule has 2 N–H and O–H groups in total. The Labute approximate surface area is 111 Å². The second-order valence-electron chi connectivity index (χ2n) is 3.86. The van der Waals surface area contributed by atoms with Gasteiger partial charge in [-0.3, -0.25) is 14.3 Å². The number of halogens is 1. The third-order valence-electron chi connectivity index (χ3n) is 2.51. The molecule has 1 heterocycles. The van der Waals surface area contributed by atoms with E-state index in [2.05, 4.69) is 0 Å². The molecule has 0 spiro atoms. The maximum absolute atomic E-state index is 11.6. The Kier molecular flexibility index (Phi) is 3.52. The zero-order valence-electron chi connectivity index (χ0n) is 9.59. The molecule has 0 radical (unpaired) electrons. The first-order valence-corrected chi connectivity index (χ1v) is 5.66. The van der Waals surface area contributed by atoms with Crippen molar-refractivity contribution in [3.8, 4) is 0 Å². The van der Waals surface area contributed by atoms with E-state index in [1.54, 1.807) is 24.3 Å². The Bertz CT molecular complexity index is 731. The number of hydrogen-bond acceptors (Lipinski definition) is 3. The van der Waals surface area contributed by atoms with E-state index >= 15 is 0 Å². The summed E-state index contributed by atoms with van der Waals surface area (Å²) in [5.41, 5.74) is -1.29. The first-order chi connectivity index (χ1) is 8.97. The van der Waals surface area contributed by atoms with Gasteiger partial charge in [-0.05, 0) is 17.7 Å². The molecule has 0 amide bonds. The summed E-state index contributed by atoms with van der Waals surface area (Å²) in [6.45, 7) is 0.146. The highest BCUT2D eigenvalue weighted by Crippen LogP contribution is 2.10. The molecular formula is C12H9ClN2O4. The van der Waals surface area contributed by atoms with Gasteiger partial charge in [0.2, 0.25) is 0 Å². The number of rotatable bonds is 3. The molecule has 19 heavy (non-hydrogen) atoms. The molecule has 1 aromatic carbocycles. The number of aromatic carboxylic acids is 1. The number of aromatic nitrogens is 2. The molecule has 0 unspecified atom stereocenters. The quantitative estimate of drug-likeness (QED) is 0.875. The van der Waals surface area contributed by atoms with E-state index < -0.39 is 22.8 Å². The first kappa shape index (κ1) is 13.1. The van der Waals surface area contributed by atoms with Gasteiger partial charge in [0.1, 0.15) is 5.56 Å². The van der Waals surface area contributed by atoms with Crippen molar-refractivity contribution in [2.75, 3.05) is 0 Å². The van der Waals surface area contributed by atoms with Gasteiger partial charge in [0.05, 0.1) is 6.54 Å². The van der Waals surface area contributed by atoms with Crippen molar-refractivity contribution in [3.05, 3.63) is 67.4 Å². The topological polar surface area (TPSA) is 92.2 Å². The molecule has 0 aliphatic rings. The van der Waals surface area contributed by atoms with E-state index in [1.807, 2.05) is 4.98 Å². The lowest BCUT2D eigenvalue weighted by Crippen LogP contribution is -2.33. The second-order valence-corrected chi connectivity index (χ2v) is 4.30. The highest BCUT2D eigenvalue weighted by atomic mass is 35.5. The Morgan fingerprint density at radius 3 is 2.47 bits per heavy atom. The number of carboxylic acid groups (broad SMARTS) is 1. The molecule has 6 nitrogen and oxygen atoms in total. The number of nitrogens with zero attached hydrogens (tertiary/aromatic N) is 1. The molecule has 2 rings (SSSR count). The smallest absolute Gasteiger partial charge is 0.342 e. The molecule has 0 aliphatic carbocycles. The van der Waals surface area contributed by atoms with Gasteiger partial charge in [0, 0.05) is 11.2 Å². The average Bonchev–Trinajstić information content (AvgIpc) is 2.34. The maximum atomic E-state index is 11.6. The number of benzene rings is 1. The minimum atomic E-state index is -1.38. The zero-order chi connectivity index (χ0) is 14.0. The number of hydrogen-bond donors (Lipinski definition) is 2. The molecule has 0 saturated heterocycles. The van der Waals surface area contributed by atoms with E-state index in [1.165, 1.54) is 0 Å². The number of aromatic amines is 1. The third-order valence-corrected chi connectivity index (χ3v) is 2.76. The minimum absolute atomic E-state index is 0.146. The van der Waals surface area contributed by atoms with Crippen LogP contribution in [0.2, 0.25) is 5.02 Å². The van der Waals surface area contributed by atoms with Gasteiger partial charge in [-0.2, -0.15) is 0 Å². The average molecular weight is 281 g/mol. The summed E-state index contributed by atoms with van der Waals surface area (Å²) in [4.78, 5) is 35.6. The summed E-state index contributed by atoms with van der Waals surface area (Å²) in [5, 5.41) is 9.39. The molecule has 0 saturated carbocycles. The van der Waals surface area contributed by atoms with Crippen LogP contribution < -0.4 is 11.2 Å². The Balaban J connectivity index is 2.43. The van der Waals surface area contributed by atoms with Gasteiger partial charge in [-0.25, -0.2) is 9.59 Å². The van der Waals surface area contributed by atoms with Crippen LogP contribution in [0.5, 0.6) is 0 Å². The Morgan fingerprint density at radius 2 is 1.89 bits per heavy atom. The Hall–Kier alpha value is -2.34. The van der Waals surface area contributed by atoms with Crippen LogP contribution in [-0.2, 0) is 6.54 Å². The normalized spacial score (nSPS) is 10.4. The Morgan fingerprint density at radius 1 is 1.26 bits per heavy atom. The molecule has 0 aliphatic heterocycles. The molecule has 0 atom stereocenters. The largest absolute Gasteiger partial charge is 0.477 e. The second kappa shape index (κ2) is 5.11. The van der Waals surface area contributed by atoms with Crippen molar-refractivity contribution < 1.29 is 9.90 Å². The van der Waals surface area contributed by atoms with E-state index in [9.17, 15) is 14.4 Å². The fraction of sp³-hybridized carbons (Fsp3) is 0.0833. The van der Waals surface area contributed by atoms with Crippen molar-refractivity contribution in [1.29, 1.82) is 0 Å². The molecule has 7 heteroatoms. The summed E-state index contributed by atoms with van der Waals surface area (Å²) in [6.07, 6.45) is 1.03. The number of H-pyrrole nitrogens is 1. The highest BCUT2D eigenvalue weighted by molar-refractivity contribution is 6.30. The molecule has 98 valence electrons. The van der Waals surface area contributed by atoms with Crippen LogP contribution in [0.15, 0.2) is 40.1 Å². The van der Waals surface area contributed by atoms with Crippen LogP contribution in [0.25, 0.3) is 0 Å². The van der Waals surface area contributed by atoms with Crippen LogP contribution in [-0.4, -0.2) is 20.6 Å². The monoisotopic (exact) mass is 280 g/mol. The van der Waals surface area contributed by atoms with E-state index in [0.29, 0.717) is 5.02 Å². The lowest BCUT2D eigenvalue weighted by Gasteiger charge is -2.06. The fourth-order valence-electron chi connectivity index (χ4n) is 1.57. The SMILES string of the molecule is O=C(O)c1cn(Cc2ccc(Cl)cc2)c(=O)[nH]c1=O. The zero-order valence-corrected chi connectivity index (χ0v) is 10.3.